The molecule has 2 aromatic carbocycles. The fourth-order valence-electron chi connectivity index (χ4n) is 1.86. The first kappa shape index (κ1) is 15.3. The van der Waals surface area contributed by atoms with E-state index in [1.54, 1.807) is 31.4 Å². The normalized spacial score (nSPS) is 11.5. The van der Waals surface area contributed by atoms with Crippen molar-refractivity contribution in [2.75, 3.05) is 11.8 Å². The minimum Gasteiger partial charge on any atom is -0.497 e. The topological polar surface area (TPSA) is 68.3 Å². The van der Waals surface area contributed by atoms with Crippen LogP contribution < -0.4 is 9.46 Å². The Morgan fingerprint density at radius 2 is 1.91 bits per heavy atom. The summed E-state index contributed by atoms with van der Waals surface area (Å²) in [6.45, 7) is 0. The molecule has 0 aliphatic carbocycles. The van der Waals surface area contributed by atoms with Crippen molar-refractivity contribution in [3.05, 3.63) is 46.9 Å². The molecule has 0 saturated carbocycles. The Balaban J connectivity index is 1.93. The first-order valence-electron chi connectivity index (χ1n) is 6.21. The van der Waals surface area contributed by atoms with Crippen LogP contribution in [0.2, 0.25) is 0 Å². The SMILES string of the molecule is COc1ccc2nc(NS(=O)(=O)c3ccc(Br)cc3)sc2c1. The lowest BCUT2D eigenvalue weighted by Crippen LogP contribution is -2.12. The highest BCUT2D eigenvalue weighted by atomic mass is 79.9. The number of aromatic nitrogens is 1. The van der Waals surface area contributed by atoms with Gasteiger partial charge in [-0.05, 0) is 42.5 Å². The van der Waals surface area contributed by atoms with Crippen molar-refractivity contribution < 1.29 is 13.2 Å². The summed E-state index contributed by atoms with van der Waals surface area (Å²) in [5.41, 5.74) is 0.722. The minimum absolute atomic E-state index is 0.188. The molecule has 3 rings (SSSR count). The predicted molar refractivity (Wildman–Crippen MR) is 91.1 cm³/mol. The third kappa shape index (κ3) is 3.08. The van der Waals surface area contributed by atoms with Crippen molar-refractivity contribution in [2.45, 2.75) is 4.90 Å². The van der Waals surface area contributed by atoms with Gasteiger partial charge < -0.3 is 4.74 Å². The number of hydrogen-bond acceptors (Lipinski definition) is 5. The number of halogens is 1. The van der Waals surface area contributed by atoms with E-state index < -0.39 is 10.0 Å². The zero-order chi connectivity index (χ0) is 15.7. The van der Waals surface area contributed by atoms with Crippen LogP contribution in [0, 0.1) is 0 Å². The van der Waals surface area contributed by atoms with Gasteiger partial charge in [0.15, 0.2) is 5.13 Å². The minimum atomic E-state index is -3.65. The molecule has 0 bridgehead atoms. The molecule has 1 N–H and O–H groups in total. The van der Waals surface area contributed by atoms with Gasteiger partial charge in [0, 0.05) is 4.47 Å². The molecule has 0 atom stereocenters. The highest BCUT2D eigenvalue weighted by Gasteiger charge is 2.16. The summed E-state index contributed by atoms with van der Waals surface area (Å²) >= 11 is 4.54. The molecule has 8 heteroatoms. The van der Waals surface area contributed by atoms with Crippen LogP contribution in [0.25, 0.3) is 10.2 Å². The fourth-order valence-corrected chi connectivity index (χ4v) is 4.26. The number of nitrogens with zero attached hydrogens (tertiary/aromatic N) is 1. The Labute approximate surface area is 140 Å². The molecule has 0 fully saturated rings. The van der Waals surface area contributed by atoms with E-state index in [1.807, 2.05) is 6.07 Å². The molecule has 0 aliphatic rings. The van der Waals surface area contributed by atoms with Gasteiger partial charge in [-0.15, -0.1) is 0 Å². The summed E-state index contributed by atoms with van der Waals surface area (Å²) in [7, 11) is -2.06. The largest absolute Gasteiger partial charge is 0.497 e. The Hall–Kier alpha value is -1.64. The van der Waals surface area contributed by atoms with E-state index in [1.165, 1.54) is 23.5 Å². The Kier molecular flexibility index (Phi) is 4.07. The number of methoxy groups -OCH3 is 1. The first-order chi connectivity index (χ1) is 10.5. The number of fused-ring (bicyclic) bond motifs is 1. The van der Waals surface area contributed by atoms with Crippen molar-refractivity contribution in [1.82, 2.24) is 4.98 Å². The first-order valence-corrected chi connectivity index (χ1v) is 9.30. The summed E-state index contributed by atoms with van der Waals surface area (Å²) in [6, 6.07) is 11.8. The van der Waals surface area contributed by atoms with Gasteiger partial charge in [-0.25, -0.2) is 13.4 Å². The zero-order valence-corrected chi connectivity index (χ0v) is 14.6. The number of hydrogen-bond donors (Lipinski definition) is 1. The second-order valence-corrected chi connectivity index (χ2v) is 8.04. The van der Waals surface area contributed by atoms with Crippen molar-refractivity contribution in [2.24, 2.45) is 0 Å². The monoisotopic (exact) mass is 398 g/mol. The molecular formula is C14H11BrN2O3S2. The highest BCUT2D eigenvalue weighted by molar-refractivity contribution is 9.10. The van der Waals surface area contributed by atoms with E-state index in [4.69, 9.17) is 4.74 Å². The fraction of sp³-hybridized carbons (Fsp3) is 0.0714. The van der Waals surface area contributed by atoms with Gasteiger partial charge in [0.2, 0.25) is 0 Å². The lowest BCUT2D eigenvalue weighted by molar-refractivity contribution is 0.415. The molecule has 114 valence electrons. The van der Waals surface area contributed by atoms with Crippen molar-refractivity contribution in [3.63, 3.8) is 0 Å². The number of anilines is 1. The average Bonchev–Trinajstić information content (AvgIpc) is 2.87. The van der Waals surface area contributed by atoms with Crippen LogP contribution in [0.3, 0.4) is 0 Å². The Morgan fingerprint density at radius 3 is 2.59 bits per heavy atom. The summed E-state index contributed by atoms with van der Waals surface area (Å²) in [4.78, 5) is 4.47. The summed E-state index contributed by atoms with van der Waals surface area (Å²) in [5.74, 6) is 0.707. The molecule has 0 saturated heterocycles. The zero-order valence-electron chi connectivity index (χ0n) is 11.4. The van der Waals surface area contributed by atoms with Crippen LogP contribution in [-0.2, 0) is 10.0 Å². The second-order valence-electron chi connectivity index (χ2n) is 4.41. The van der Waals surface area contributed by atoms with Gasteiger partial charge in [0.05, 0.1) is 22.2 Å². The predicted octanol–water partition coefficient (Wildman–Crippen LogP) is 3.87. The smallest absolute Gasteiger partial charge is 0.263 e. The van der Waals surface area contributed by atoms with Crippen molar-refractivity contribution in [3.8, 4) is 5.75 Å². The quantitative estimate of drug-likeness (QED) is 0.723. The number of ether oxygens (including phenoxy) is 1. The van der Waals surface area contributed by atoms with Crippen LogP contribution in [0.15, 0.2) is 51.8 Å². The molecule has 0 aliphatic heterocycles. The van der Waals surface area contributed by atoms with Gasteiger partial charge in [-0.2, -0.15) is 0 Å². The Bertz CT molecular complexity index is 921. The molecule has 0 unspecified atom stereocenters. The van der Waals surface area contributed by atoms with Gasteiger partial charge in [-0.3, -0.25) is 4.72 Å². The van der Waals surface area contributed by atoms with Gasteiger partial charge in [0.25, 0.3) is 10.0 Å². The maximum absolute atomic E-state index is 12.3. The van der Waals surface area contributed by atoms with E-state index in [0.717, 1.165) is 14.7 Å². The van der Waals surface area contributed by atoms with Crippen molar-refractivity contribution >= 4 is 52.6 Å². The van der Waals surface area contributed by atoms with Crippen LogP contribution in [0.1, 0.15) is 0 Å². The lowest BCUT2D eigenvalue weighted by Gasteiger charge is -2.04. The molecule has 22 heavy (non-hydrogen) atoms. The van der Waals surface area contributed by atoms with Gasteiger partial charge >= 0.3 is 0 Å². The maximum Gasteiger partial charge on any atom is 0.263 e. The Morgan fingerprint density at radius 1 is 1.18 bits per heavy atom. The summed E-state index contributed by atoms with van der Waals surface area (Å²) < 4.78 is 34.0. The number of sulfonamides is 1. The van der Waals surface area contributed by atoms with Crippen LogP contribution in [0.5, 0.6) is 5.75 Å². The molecule has 5 nitrogen and oxygen atoms in total. The number of rotatable bonds is 4. The molecule has 3 aromatic rings. The van der Waals surface area contributed by atoms with Crippen LogP contribution in [-0.4, -0.2) is 20.5 Å². The van der Waals surface area contributed by atoms with E-state index >= 15 is 0 Å². The second kappa shape index (κ2) is 5.86. The number of benzene rings is 2. The summed E-state index contributed by atoms with van der Waals surface area (Å²) in [6.07, 6.45) is 0. The van der Waals surface area contributed by atoms with E-state index in [9.17, 15) is 8.42 Å². The molecule has 0 radical (unpaired) electrons. The molecule has 0 amide bonds. The molecular weight excluding hydrogens is 388 g/mol. The lowest BCUT2D eigenvalue weighted by atomic mass is 10.3. The van der Waals surface area contributed by atoms with Gasteiger partial charge in [-0.1, -0.05) is 27.3 Å². The molecule has 1 aromatic heterocycles. The average molecular weight is 399 g/mol. The standard InChI is InChI=1S/C14H11BrN2O3S2/c1-20-10-4-7-12-13(8-10)21-14(16-12)17-22(18,19)11-5-2-9(15)3-6-11/h2-8H,1H3,(H,16,17). The maximum atomic E-state index is 12.3. The third-order valence-electron chi connectivity index (χ3n) is 2.94. The van der Waals surface area contributed by atoms with Crippen LogP contribution >= 0.6 is 27.3 Å². The van der Waals surface area contributed by atoms with E-state index in [2.05, 4.69) is 25.6 Å². The van der Waals surface area contributed by atoms with E-state index in [-0.39, 0.29) is 4.90 Å². The molecule has 0 spiro atoms. The highest BCUT2D eigenvalue weighted by Crippen LogP contribution is 2.30. The third-order valence-corrected chi connectivity index (χ3v) is 5.89. The summed E-state index contributed by atoms with van der Waals surface area (Å²) in [5, 5.41) is 0.325. The number of nitrogens with one attached hydrogen (secondary N) is 1. The van der Waals surface area contributed by atoms with Gasteiger partial charge in [0.1, 0.15) is 5.75 Å². The van der Waals surface area contributed by atoms with E-state index in [0.29, 0.717) is 10.9 Å². The molecule has 1 heterocycles. The van der Waals surface area contributed by atoms with Crippen LogP contribution in [0.4, 0.5) is 5.13 Å². The number of thiazole rings is 1. The van der Waals surface area contributed by atoms with Crippen molar-refractivity contribution in [1.29, 1.82) is 0 Å².